The van der Waals surface area contributed by atoms with Gasteiger partial charge in [0.25, 0.3) is 5.95 Å². The van der Waals surface area contributed by atoms with Crippen LogP contribution in [-0.4, -0.2) is 20.5 Å². The maximum Gasteiger partial charge on any atom is 0.281 e. The van der Waals surface area contributed by atoms with E-state index in [4.69, 9.17) is 0 Å². The minimum atomic E-state index is 0.222. The summed E-state index contributed by atoms with van der Waals surface area (Å²) in [5.41, 5.74) is 0. The third kappa shape index (κ3) is 2.23. The van der Waals surface area contributed by atoms with Crippen molar-refractivity contribution < 1.29 is 14.3 Å². The molecule has 0 atom stereocenters. The Morgan fingerprint density at radius 3 is 2.00 bits per heavy atom. The predicted octanol–water partition coefficient (Wildman–Crippen LogP) is 0.320. The average Bonchev–Trinajstić information content (AvgIpc) is 1.83. The molecule has 0 aromatic carbocycles. The molecule has 0 aliphatic carbocycles. The molecule has 0 amide bonds. The standard InChI is InChI=1S/C5H8O3/c1-7-5(8-2)3-4-6/h3-4H,1-2H3. The van der Waals surface area contributed by atoms with Gasteiger partial charge in [0.2, 0.25) is 0 Å². The highest BCUT2D eigenvalue weighted by molar-refractivity contribution is 5.64. The van der Waals surface area contributed by atoms with E-state index >= 15 is 0 Å². The van der Waals surface area contributed by atoms with Gasteiger partial charge in [0.05, 0.1) is 20.3 Å². The van der Waals surface area contributed by atoms with Gasteiger partial charge in [0.15, 0.2) is 0 Å². The van der Waals surface area contributed by atoms with Gasteiger partial charge in [-0.1, -0.05) is 0 Å². The lowest BCUT2D eigenvalue weighted by Gasteiger charge is -1.99. The first-order chi connectivity index (χ1) is 3.85. The van der Waals surface area contributed by atoms with Crippen molar-refractivity contribution in [1.82, 2.24) is 0 Å². The zero-order valence-corrected chi connectivity index (χ0v) is 4.88. The summed E-state index contributed by atoms with van der Waals surface area (Å²) in [5, 5.41) is 0. The van der Waals surface area contributed by atoms with Gasteiger partial charge in [-0.2, -0.15) is 0 Å². The molecule has 0 saturated heterocycles. The number of allylic oxidation sites excluding steroid dienone is 1. The summed E-state index contributed by atoms with van der Waals surface area (Å²) < 4.78 is 9.09. The van der Waals surface area contributed by atoms with Crippen LogP contribution in [0.25, 0.3) is 0 Å². The first-order valence-corrected chi connectivity index (χ1v) is 2.08. The number of carbonyl (C=O) groups excluding carboxylic acids is 1. The van der Waals surface area contributed by atoms with Crippen molar-refractivity contribution in [2.24, 2.45) is 0 Å². The number of rotatable bonds is 3. The van der Waals surface area contributed by atoms with Gasteiger partial charge < -0.3 is 9.47 Å². The van der Waals surface area contributed by atoms with E-state index in [9.17, 15) is 4.79 Å². The van der Waals surface area contributed by atoms with Crippen LogP contribution >= 0.6 is 0 Å². The van der Waals surface area contributed by atoms with Gasteiger partial charge in [-0.05, 0) is 0 Å². The third-order valence-electron chi connectivity index (χ3n) is 0.606. The van der Waals surface area contributed by atoms with E-state index < -0.39 is 0 Å². The zero-order valence-electron chi connectivity index (χ0n) is 4.88. The van der Waals surface area contributed by atoms with Crippen LogP contribution in [0.4, 0.5) is 0 Å². The molecule has 0 heterocycles. The molecule has 0 rings (SSSR count). The van der Waals surface area contributed by atoms with Crippen molar-refractivity contribution >= 4 is 6.29 Å². The highest BCUT2D eigenvalue weighted by Gasteiger charge is 1.86. The van der Waals surface area contributed by atoms with Gasteiger partial charge in [-0.3, -0.25) is 4.79 Å². The molecule has 0 spiro atoms. The van der Waals surface area contributed by atoms with Crippen LogP contribution in [0.2, 0.25) is 0 Å². The average molecular weight is 116 g/mol. The fourth-order valence-corrected chi connectivity index (χ4v) is 0.275. The maximum absolute atomic E-state index is 9.70. The minimum absolute atomic E-state index is 0.222. The molecular weight excluding hydrogens is 108 g/mol. The summed E-state index contributed by atoms with van der Waals surface area (Å²) in [5.74, 6) is 0.222. The quantitative estimate of drug-likeness (QED) is 0.302. The Bertz CT molecular complexity index is 89.8. The fourth-order valence-electron chi connectivity index (χ4n) is 0.275. The Balaban J connectivity index is 3.66. The lowest BCUT2D eigenvalue weighted by molar-refractivity contribution is -0.104. The fraction of sp³-hybridized carbons (Fsp3) is 0.400. The Morgan fingerprint density at radius 2 is 1.88 bits per heavy atom. The van der Waals surface area contributed by atoms with Crippen molar-refractivity contribution in [3.63, 3.8) is 0 Å². The van der Waals surface area contributed by atoms with Crippen LogP contribution in [0.3, 0.4) is 0 Å². The van der Waals surface area contributed by atoms with E-state index in [1.807, 2.05) is 0 Å². The molecule has 3 heteroatoms. The Kier molecular flexibility index (Phi) is 3.66. The molecule has 0 aliphatic heterocycles. The van der Waals surface area contributed by atoms with Crippen LogP contribution in [-0.2, 0) is 14.3 Å². The number of ether oxygens (including phenoxy) is 2. The highest BCUT2D eigenvalue weighted by Crippen LogP contribution is 1.90. The largest absolute Gasteiger partial charge is 0.469 e. The molecule has 0 bridgehead atoms. The van der Waals surface area contributed by atoms with Gasteiger partial charge >= 0.3 is 0 Å². The van der Waals surface area contributed by atoms with E-state index in [2.05, 4.69) is 9.47 Å². The zero-order chi connectivity index (χ0) is 6.41. The minimum Gasteiger partial charge on any atom is -0.469 e. The molecule has 0 aliphatic rings. The monoisotopic (exact) mass is 116 g/mol. The lowest BCUT2D eigenvalue weighted by atomic mass is 10.7. The first kappa shape index (κ1) is 7.01. The first-order valence-electron chi connectivity index (χ1n) is 2.08. The number of aldehydes is 1. The molecule has 3 nitrogen and oxygen atoms in total. The summed E-state index contributed by atoms with van der Waals surface area (Å²) in [7, 11) is 2.86. The Hall–Kier alpha value is -0.990. The highest BCUT2D eigenvalue weighted by atomic mass is 16.7. The molecule has 0 saturated carbocycles. The Labute approximate surface area is 47.9 Å². The van der Waals surface area contributed by atoms with Gasteiger partial charge in [-0.25, -0.2) is 0 Å². The van der Waals surface area contributed by atoms with E-state index in [1.54, 1.807) is 0 Å². The SMILES string of the molecule is COC(=CC=O)OC. The Morgan fingerprint density at radius 1 is 1.38 bits per heavy atom. The maximum atomic E-state index is 9.70. The molecule has 0 N–H and O–H groups in total. The van der Waals surface area contributed by atoms with E-state index in [-0.39, 0.29) is 5.95 Å². The van der Waals surface area contributed by atoms with Gasteiger partial charge in [0, 0.05) is 0 Å². The predicted molar refractivity (Wildman–Crippen MR) is 28.2 cm³/mol. The summed E-state index contributed by atoms with van der Waals surface area (Å²) in [4.78, 5) is 9.70. The van der Waals surface area contributed by atoms with Gasteiger partial charge in [0.1, 0.15) is 6.29 Å². The number of hydrogen-bond donors (Lipinski definition) is 0. The van der Waals surface area contributed by atoms with Crippen LogP contribution in [0, 0.1) is 0 Å². The number of methoxy groups -OCH3 is 2. The second kappa shape index (κ2) is 4.18. The lowest BCUT2D eigenvalue weighted by Crippen LogP contribution is -1.88. The van der Waals surface area contributed by atoms with Crippen molar-refractivity contribution in [2.75, 3.05) is 14.2 Å². The van der Waals surface area contributed by atoms with E-state index in [0.29, 0.717) is 6.29 Å². The third-order valence-corrected chi connectivity index (χ3v) is 0.606. The molecule has 0 radical (unpaired) electrons. The van der Waals surface area contributed by atoms with Crippen LogP contribution < -0.4 is 0 Å². The molecular formula is C5H8O3. The van der Waals surface area contributed by atoms with Crippen LogP contribution in [0.5, 0.6) is 0 Å². The topological polar surface area (TPSA) is 35.5 Å². The van der Waals surface area contributed by atoms with Crippen LogP contribution in [0.1, 0.15) is 0 Å². The van der Waals surface area contributed by atoms with Crippen LogP contribution in [0.15, 0.2) is 12.0 Å². The van der Waals surface area contributed by atoms with Gasteiger partial charge in [-0.15, -0.1) is 0 Å². The van der Waals surface area contributed by atoms with Crippen molar-refractivity contribution in [3.05, 3.63) is 12.0 Å². The van der Waals surface area contributed by atoms with Crippen molar-refractivity contribution in [1.29, 1.82) is 0 Å². The number of hydrogen-bond acceptors (Lipinski definition) is 3. The van der Waals surface area contributed by atoms with E-state index in [1.165, 1.54) is 20.3 Å². The summed E-state index contributed by atoms with van der Waals surface area (Å²) in [6.45, 7) is 0. The molecule has 8 heavy (non-hydrogen) atoms. The summed E-state index contributed by atoms with van der Waals surface area (Å²) in [6, 6.07) is 0. The number of carbonyl (C=O) groups is 1. The normalized spacial score (nSPS) is 7.25. The van der Waals surface area contributed by atoms with E-state index in [0.717, 1.165) is 0 Å². The van der Waals surface area contributed by atoms with Crippen molar-refractivity contribution in [3.8, 4) is 0 Å². The summed E-state index contributed by atoms with van der Waals surface area (Å²) in [6.07, 6.45) is 1.79. The smallest absolute Gasteiger partial charge is 0.281 e. The molecule has 0 fully saturated rings. The van der Waals surface area contributed by atoms with Crippen molar-refractivity contribution in [2.45, 2.75) is 0 Å². The molecule has 0 aromatic rings. The second-order valence-electron chi connectivity index (χ2n) is 1.03. The second-order valence-corrected chi connectivity index (χ2v) is 1.03. The molecule has 0 unspecified atom stereocenters. The molecule has 0 aromatic heterocycles. The summed E-state index contributed by atoms with van der Waals surface area (Å²) >= 11 is 0. The molecule has 46 valence electrons.